The number of hydrogen-bond donors (Lipinski definition) is 1. The highest BCUT2D eigenvalue weighted by molar-refractivity contribution is 6.31. The summed E-state index contributed by atoms with van der Waals surface area (Å²) in [6.45, 7) is 0. The first-order valence-corrected chi connectivity index (χ1v) is 5.67. The van der Waals surface area contributed by atoms with E-state index >= 15 is 0 Å². The van der Waals surface area contributed by atoms with E-state index in [0.29, 0.717) is 29.1 Å². The van der Waals surface area contributed by atoms with Crippen LogP contribution in [-0.2, 0) is 12.8 Å². The zero-order chi connectivity index (χ0) is 12.3. The summed E-state index contributed by atoms with van der Waals surface area (Å²) in [5.74, 6) is -0.278. The maximum Gasteiger partial charge on any atom is 0.127 e. The van der Waals surface area contributed by atoms with Crippen LogP contribution in [0.2, 0.25) is 5.02 Å². The van der Waals surface area contributed by atoms with Gasteiger partial charge in [0.1, 0.15) is 5.82 Å². The normalized spacial score (nSPS) is 10.5. The highest BCUT2D eigenvalue weighted by Gasteiger charge is 2.08. The van der Waals surface area contributed by atoms with Crippen LogP contribution in [0, 0.1) is 5.82 Å². The van der Waals surface area contributed by atoms with Gasteiger partial charge in [0.2, 0.25) is 0 Å². The van der Waals surface area contributed by atoms with Gasteiger partial charge >= 0.3 is 0 Å². The fourth-order valence-electron chi connectivity index (χ4n) is 1.68. The highest BCUT2D eigenvalue weighted by atomic mass is 35.5. The van der Waals surface area contributed by atoms with Crippen molar-refractivity contribution in [3.05, 3.63) is 58.6 Å². The molecule has 0 unspecified atom stereocenters. The van der Waals surface area contributed by atoms with Crippen LogP contribution in [0.15, 0.2) is 36.7 Å². The van der Waals surface area contributed by atoms with Gasteiger partial charge in [0.15, 0.2) is 0 Å². The molecule has 2 nitrogen and oxygen atoms in total. The molecule has 1 aromatic carbocycles. The van der Waals surface area contributed by atoms with Gasteiger partial charge < -0.3 is 5.73 Å². The number of nitrogen functional groups attached to an aromatic ring is 1. The molecule has 0 saturated heterocycles. The van der Waals surface area contributed by atoms with Gasteiger partial charge in [-0.25, -0.2) is 4.39 Å². The minimum Gasteiger partial charge on any atom is -0.398 e. The van der Waals surface area contributed by atoms with Gasteiger partial charge in [0.25, 0.3) is 0 Å². The van der Waals surface area contributed by atoms with E-state index in [1.165, 1.54) is 6.07 Å². The lowest BCUT2D eigenvalue weighted by atomic mass is 10.0. The van der Waals surface area contributed by atoms with Crippen molar-refractivity contribution in [3.8, 4) is 0 Å². The Kier molecular flexibility index (Phi) is 3.59. The molecule has 0 spiro atoms. The van der Waals surface area contributed by atoms with Crippen LogP contribution >= 0.6 is 11.6 Å². The van der Waals surface area contributed by atoms with Crippen molar-refractivity contribution < 1.29 is 4.39 Å². The minimum absolute atomic E-state index is 0.278. The maximum absolute atomic E-state index is 13.5. The number of aromatic nitrogens is 1. The van der Waals surface area contributed by atoms with Crippen molar-refractivity contribution >= 4 is 17.3 Å². The molecule has 0 radical (unpaired) electrons. The lowest BCUT2D eigenvalue weighted by Crippen LogP contribution is -2.00. The predicted octanol–water partition coefficient (Wildman–Crippen LogP) is 3.24. The molecule has 0 aliphatic rings. The number of aryl methyl sites for hydroxylation is 1. The molecule has 4 heteroatoms. The Bertz CT molecular complexity index is 508. The average molecular weight is 251 g/mol. The largest absolute Gasteiger partial charge is 0.398 e. The number of rotatable bonds is 3. The topological polar surface area (TPSA) is 38.9 Å². The van der Waals surface area contributed by atoms with E-state index < -0.39 is 0 Å². The summed E-state index contributed by atoms with van der Waals surface area (Å²) in [5.41, 5.74) is 7.90. The fourth-order valence-corrected chi connectivity index (χ4v) is 1.94. The Morgan fingerprint density at radius 2 is 2.06 bits per heavy atom. The van der Waals surface area contributed by atoms with E-state index in [1.54, 1.807) is 30.6 Å². The number of nitrogens with zero attached hydrogens (tertiary/aromatic N) is 1. The molecule has 88 valence electrons. The molecule has 1 heterocycles. The Morgan fingerprint density at radius 1 is 1.24 bits per heavy atom. The van der Waals surface area contributed by atoms with Gasteiger partial charge in [0.05, 0.1) is 0 Å². The molecule has 2 rings (SSSR count). The quantitative estimate of drug-likeness (QED) is 0.908. The Labute approximate surface area is 104 Å². The molecule has 2 aromatic rings. The summed E-state index contributed by atoms with van der Waals surface area (Å²) in [5, 5.41) is 0.451. The van der Waals surface area contributed by atoms with E-state index in [-0.39, 0.29) is 5.82 Å². The van der Waals surface area contributed by atoms with Crippen LogP contribution in [0.5, 0.6) is 0 Å². The van der Waals surface area contributed by atoms with Crippen LogP contribution in [0.3, 0.4) is 0 Å². The molecular weight excluding hydrogens is 239 g/mol. The summed E-state index contributed by atoms with van der Waals surface area (Å²) in [7, 11) is 0. The van der Waals surface area contributed by atoms with Crippen molar-refractivity contribution in [1.82, 2.24) is 4.98 Å². The van der Waals surface area contributed by atoms with Crippen LogP contribution in [0.25, 0.3) is 0 Å². The first-order chi connectivity index (χ1) is 8.18. The van der Waals surface area contributed by atoms with E-state index in [4.69, 9.17) is 17.3 Å². The molecule has 0 saturated carbocycles. The number of benzene rings is 1. The first-order valence-electron chi connectivity index (χ1n) is 5.29. The SMILES string of the molecule is Nc1ccncc1CCc1c(F)cccc1Cl. The molecule has 0 aliphatic carbocycles. The maximum atomic E-state index is 13.5. The third kappa shape index (κ3) is 2.74. The molecule has 0 bridgehead atoms. The van der Waals surface area contributed by atoms with Crippen LogP contribution < -0.4 is 5.73 Å². The van der Waals surface area contributed by atoms with E-state index in [9.17, 15) is 4.39 Å². The lowest BCUT2D eigenvalue weighted by molar-refractivity contribution is 0.609. The van der Waals surface area contributed by atoms with Gasteiger partial charge in [-0.15, -0.1) is 0 Å². The summed E-state index contributed by atoms with van der Waals surface area (Å²) < 4.78 is 13.5. The second-order valence-electron chi connectivity index (χ2n) is 3.77. The van der Waals surface area contributed by atoms with Gasteiger partial charge in [-0.2, -0.15) is 0 Å². The van der Waals surface area contributed by atoms with Gasteiger partial charge in [-0.05, 0) is 36.6 Å². The first kappa shape index (κ1) is 11.9. The van der Waals surface area contributed by atoms with Gasteiger partial charge in [0, 0.05) is 28.7 Å². The standard InChI is InChI=1S/C13H12ClFN2/c14-11-2-1-3-12(15)10(11)5-4-9-8-17-7-6-13(9)16/h1-3,6-8H,4-5H2,(H2,16,17). The Hall–Kier alpha value is -1.61. The van der Waals surface area contributed by atoms with Crippen molar-refractivity contribution in [2.45, 2.75) is 12.8 Å². The average Bonchev–Trinajstić information content (AvgIpc) is 2.30. The monoisotopic (exact) mass is 250 g/mol. The molecule has 17 heavy (non-hydrogen) atoms. The Balaban J connectivity index is 2.16. The molecule has 2 N–H and O–H groups in total. The summed E-state index contributed by atoms with van der Waals surface area (Å²) in [4.78, 5) is 4.00. The third-order valence-electron chi connectivity index (χ3n) is 2.65. The number of nitrogens with two attached hydrogens (primary N) is 1. The van der Waals surface area contributed by atoms with Crippen molar-refractivity contribution in [1.29, 1.82) is 0 Å². The molecule has 0 aliphatic heterocycles. The molecule has 0 fully saturated rings. The summed E-state index contributed by atoms with van der Waals surface area (Å²) in [6, 6.07) is 6.43. The lowest BCUT2D eigenvalue weighted by Gasteiger charge is -2.07. The molecule has 0 amide bonds. The number of hydrogen-bond acceptors (Lipinski definition) is 2. The van der Waals surface area contributed by atoms with Crippen LogP contribution in [-0.4, -0.2) is 4.98 Å². The van der Waals surface area contributed by atoms with E-state index in [0.717, 1.165) is 5.56 Å². The van der Waals surface area contributed by atoms with Crippen LogP contribution in [0.1, 0.15) is 11.1 Å². The minimum atomic E-state index is -0.278. The molecular formula is C13H12ClFN2. The summed E-state index contributed by atoms with van der Waals surface area (Å²) in [6.07, 6.45) is 4.47. The highest BCUT2D eigenvalue weighted by Crippen LogP contribution is 2.21. The fraction of sp³-hybridized carbons (Fsp3) is 0.154. The van der Waals surface area contributed by atoms with Crippen LogP contribution in [0.4, 0.5) is 10.1 Å². The number of halogens is 2. The van der Waals surface area contributed by atoms with Gasteiger partial charge in [-0.3, -0.25) is 4.98 Å². The van der Waals surface area contributed by atoms with E-state index in [1.807, 2.05) is 0 Å². The number of pyridine rings is 1. The smallest absolute Gasteiger partial charge is 0.127 e. The second kappa shape index (κ2) is 5.15. The van der Waals surface area contributed by atoms with E-state index in [2.05, 4.69) is 4.98 Å². The predicted molar refractivity (Wildman–Crippen MR) is 67.5 cm³/mol. The van der Waals surface area contributed by atoms with Gasteiger partial charge in [-0.1, -0.05) is 17.7 Å². The third-order valence-corrected chi connectivity index (χ3v) is 3.00. The second-order valence-corrected chi connectivity index (χ2v) is 4.18. The van der Waals surface area contributed by atoms with Crippen molar-refractivity contribution in [2.24, 2.45) is 0 Å². The molecule has 1 aromatic heterocycles. The summed E-state index contributed by atoms with van der Waals surface area (Å²) >= 11 is 5.95. The zero-order valence-electron chi connectivity index (χ0n) is 9.16. The van der Waals surface area contributed by atoms with Crippen molar-refractivity contribution in [2.75, 3.05) is 5.73 Å². The molecule has 0 atom stereocenters. The van der Waals surface area contributed by atoms with Crippen molar-refractivity contribution in [3.63, 3.8) is 0 Å². The number of anilines is 1. The zero-order valence-corrected chi connectivity index (χ0v) is 9.91. The Morgan fingerprint density at radius 3 is 2.76 bits per heavy atom.